The third-order valence-electron chi connectivity index (χ3n) is 4.42. The van der Waals surface area contributed by atoms with Crippen LogP contribution in [0.15, 0.2) is 54.6 Å². The molecule has 0 saturated carbocycles. The predicted molar refractivity (Wildman–Crippen MR) is 108 cm³/mol. The Morgan fingerprint density at radius 3 is 2.29 bits per heavy atom. The first kappa shape index (κ1) is 21.4. The van der Waals surface area contributed by atoms with Crippen LogP contribution in [0.4, 0.5) is 0 Å². The zero-order chi connectivity index (χ0) is 20.4. The summed E-state index contributed by atoms with van der Waals surface area (Å²) in [6.07, 6.45) is 0.310. The monoisotopic (exact) mass is 384 g/mol. The van der Waals surface area contributed by atoms with Gasteiger partial charge in [-0.15, -0.1) is 0 Å². The highest BCUT2D eigenvalue weighted by Gasteiger charge is 2.30. The van der Waals surface area contributed by atoms with Crippen LogP contribution in [0.5, 0.6) is 5.75 Å². The minimum Gasteiger partial charge on any atom is -0.497 e. The molecule has 0 fully saturated rings. The van der Waals surface area contributed by atoms with Gasteiger partial charge in [0, 0.05) is 26.6 Å². The van der Waals surface area contributed by atoms with Crippen molar-refractivity contribution in [2.75, 3.05) is 27.4 Å². The van der Waals surface area contributed by atoms with Gasteiger partial charge < -0.3 is 19.7 Å². The lowest BCUT2D eigenvalue weighted by Gasteiger charge is -2.31. The van der Waals surface area contributed by atoms with E-state index >= 15 is 0 Å². The van der Waals surface area contributed by atoms with Crippen molar-refractivity contribution < 1.29 is 19.1 Å². The Balaban J connectivity index is 2.34. The van der Waals surface area contributed by atoms with E-state index in [0.717, 1.165) is 16.9 Å². The van der Waals surface area contributed by atoms with E-state index in [2.05, 4.69) is 5.32 Å². The molecule has 0 aliphatic rings. The Morgan fingerprint density at radius 1 is 1.04 bits per heavy atom. The van der Waals surface area contributed by atoms with Crippen LogP contribution in [0, 0.1) is 0 Å². The van der Waals surface area contributed by atoms with Crippen molar-refractivity contribution in [3.05, 3.63) is 65.7 Å². The predicted octanol–water partition coefficient (Wildman–Crippen LogP) is 2.94. The molecule has 2 aromatic carbocycles. The third-order valence-corrected chi connectivity index (χ3v) is 4.42. The highest BCUT2D eigenvalue weighted by Crippen LogP contribution is 2.25. The Bertz CT molecular complexity index is 747. The summed E-state index contributed by atoms with van der Waals surface area (Å²) in [5.74, 6) is 0.430. The number of methoxy groups -OCH3 is 2. The summed E-state index contributed by atoms with van der Waals surface area (Å²) in [7, 11) is 3.19. The molecule has 2 amide bonds. The van der Waals surface area contributed by atoms with Crippen molar-refractivity contribution in [2.24, 2.45) is 0 Å². The molecule has 0 aliphatic heterocycles. The van der Waals surface area contributed by atoms with Crippen LogP contribution in [-0.4, -0.2) is 44.1 Å². The van der Waals surface area contributed by atoms with Crippen LogP contribution in [-0.2, 0) is 20.9 Å². The second kappa shape index (κ2) is 11.1. The van der Waals surface area contributed by atoms with E-state index in [9.17, 15) is 9.59 Å². The minimum absolute atomic E-state index is 0.0911. The SMILES string of the molecule is CCC(=O)N(Cc1ccc(OC)cc1)[C@@H](C(=O)NCCOC)c1ccccc1. The number of hydrogen-bond acceptors (Lipinski definition) is 4. The van der Waals surface area contributed by atoms with E-state index in [-0.39, 0.29) is 11.8 Å². The van der Waals surface area contributed by atoms with E-state index < -0.39 is 6.04 Å². The van der Waals surface area contributed by atoms with Crippen LogP contribution in [0.2, 0.25) is 0 Å². The summed E-state index contributed by atoms with van der Waals surface area (Å²) >= 11 is 0. The van der Waals surface area contributed by atoms with Gasteiger partial charge in [-0.2, -0.15) is 0 Å². The zero-order valence-corrected chi connectivity index (χ0v) is 16.7. The van der Waals surface area contributed by atoms with Crippen LogP contribution in [0.1, 0.15) is 30.5 Å². The molecular weight excluding hydrogens is 356 g/mol. The van der Waals surface area contributed by atoms with Gasteiger partial charge in [0.2, 0.25) is 11.8 Å². The molecular formula is C22H28N2O4. The number of hydrogen-bond donors (Lipinski definition) is 1. The lowest BCUT2D eigenvalue weighted by molar-refractivity contribution is -0.141. The van der Waals surface area contributed by atoms with Crippen molar-refractivity contribution in [1.82, 2.24) is 10.2 Å². The number of carbonyl (C=O) groups is 2. The fourth-order valence-corrected chi connectivity index (χ4v) is 2.94. The van der Waals surface area contributed by atoms with Crippen molar-refractivity contribution in [3.8, 4) is 5.75 Å². The van der Waals surface area contributed by atoms with Crippen molar-refractivity contribution >= 4 is 11.8 Å². The van der Waals surface area contributed by atoms with E-state index in [1.54, 1.807) is 26.0 Å². The smallest absolute Gasteiger partial charge is 0.247 e. The summed E-state index contributed by atoms with van der Waals surface area (Å²) in [4.78, 5) is 27.4. The maximum absolute atomic E-state index is 13.0. The zero-order valence-electron chi connectivity index (χ0n) is 16.7. The normalized spacial score (nSPS) is 11.5. The molecule has 2 rings (SSSR count). The lowest BCUT2D eigenvalue weighted by Crippen LogP contribution is -2.44. The Labute approximate surface area is 166 Å². The van der Waals surface area contributed by atoms with E-state index in [0.29, 0.717) is 26.1 Å². The van der Waals surface area contributed by atoms with Gasteiger partial charge in [0.25, 0.3) is 0 Å². The van der Waals surface area contributed by atoms with Gasteiger partial charge in [0.1, 0.15) is 11.8 Å². The molecule has 1 atom stereocenters. The molecule has 6 nitrogen and oxygen atoms in total. The van der Waals surface area contributed by atoms with Gasteiger partial charge in [-0.25, -0.2) is 0 Å². The van der Waals surface area contributed by atoms with Gasteiger partial charge in [-0.1, -0.05) is 49.4 Å². The highest BCUT2D eigenvalue weighted by molar-refractivity contribution is 5.88. The maximum Gasteiger partial charge on any atom is 0.247 e. The van der Waals surface area contributed by atoms with Crippen LogP contribution >= 0.6 is 0 Å². The number of nitrogens with zero attached hydrogens (tertiary/aromatic N) is 1. The molecule has 0 saturated heterocycles. The average molecular weight is 384 g/mol. The molecule has 6 heteroatoms. The molecule has 150 valence electrons. The summed E-state index contributed by atoms with van der Waals surface area (Å²) in [5, 5.41) is 2.87. The topological polar surface area (TPSA) is 67.9 Å². The second-order valence-electron chi connectivity index (χ2n) is 6.32. The third kappa shape index (κ3) is 5.82. The number of amides is 2. The first-order valence-electron chi connectivity index (χ1n) is 9.34. The average Bonchev–Trinajstić information content (AvgIpc) is 2.74. The maximum atomic E-state index is 13.0. The van der Waals surface area contributed by atoms with E-state index in [4.69, 9.17) is 9.47 Å². The van der Waals surface area contributed by atoms with Crippen LogP contribution in [0.3, 0.4) is 0 Å². The molecule has 0 unspecified atom stereocenters. The number of nitrogens with one attached hydrogen (secondary N) is 1. The molecule has 0 heterocycles. The Kier molecular flexibility index (Phi) is 8.49. The van der Waals surface area contributed by atoms with Crippen molar-refractivity contribution in [3.63, 3.8) is 0 Å². The molecule has 28 heavy (non-hydrogen) atoms. The Morgan fingerprint density at radius 2 is 1.71 bits per heavy atom. The first-order chi connectivity index (χ1) is 13.6. The molecule has 0 radical (unpaired) electrons. The Hall–Kier alpha value is -2.86. The molecule has 0 spiro atoms. The lowest BCUT2D eigenvalue weighted by atomic mass is 10.0. The molecule has 2 aromatic rings. The van der Waals surface area contributed by atoms with Gasteiger partial charge in [0.15, 0.2) is 0 Å². The fourth-order valence-electron chi connectivity index (χ4n) is 2.94. The molecule has 1 N–H and O–H groups in total. The van der Waals surface area contributed by atoms with E-state index in [1.807, 2.05) is 54.6 Å². The summed E-state index contributed by atoms with van der Waals surface area (Å²) < 4.78 is 10.2. The quantitative estimate of drug-likeness (QED) is 0.640. The van der Waals surface area contributed by atoms with Gasteiger partial charge >= 0.3 is 0 Å². The van der Waals surface area contributed by atoms with Gasteiger partial charge in [0.05, 0.1) is 13.7 Å². The second-order valence-corrected chi connectivity index (χ2v) is 6.32. The van der Waals surface area contributed by atoms with Crippen molar-refractivity contribution in [2.45, 2.75) is 25.9 Å². The fraction of sp³-hybridized carbons (Fsp3) is 0.364. The summed E-state index contributed by atoms with van der Waals surface area (Å²) in [5.41, 5.74) is 1.70. The van der Waals surface area contributed by atoms with Gasteiger partial charge in [-0.3, -0.25) is 9.59 Å². The summed E-state index contributed by atoms with van der Waals surface area (Å²) in [6.45, 7) is 2.92. The molecule has 0 bridgehead atoms. The minimum atomic E-state index is -0.715. The number of rotatable bonds is 10. The largest absolute Gasteiger partial charge is 0.497 e. The van der Waals surface area contributed by atoms with Crippen LogP contribution < -0.4 is 10.1 Å². The van der Waals surface area contributed by atoms with Crippen LogP contribution in [0.25, 0.3) is 0 Å². The molecule has 0 aromatic heterocycles. The molecule has 0 aliphatic carbocycles. The van der Waals surface area contributed by atoms with E-state index in [1.165, 1.54) is 0 Å². The first-order valence-corrected chi connectivity index (χ1v) is 9.34. The standard InChI is InChI=1S/C22H28N2O4/c1-4-20(25)24(16-17-10-12-19(28-3)13-11-17)21(18-8-6-5-7-9-18)22(26)23-14-15-27-2/h5-13,21H,4,14-16H2,1-3H3,(H,23,26)/t21-/m1/s1. The highest BCUT2D eigenvalue weighted by atomic mass is 16.5. The number of benzene rings is 2. The number of ether oxygens (including phenoxy) is 2. The summed E-state index contributed by atoms with van der Waals surface area (Å²) in [6, 6.07) is 16.1. The number of carbonyl (C=O) groups excluding carboxylic acids is 2. The van der Waals surface area contributed by atoms with Gasteiger partial charge in [-0.05, 0) is 23.3 Å². The van der Waals surface area contributed by atoms with Crippen molar-refractivity contribution in [1.29, 1.82) is 0 Å².